The maximum atomic E-state index is 12.7. The summed E-state index contributed by atoms with van der Waals surface area (Å²) in [6, 6.07) is 0.388. The summed E-state index contributed by atoms with van der Waals surface area (Å²) in [6.07, 6.45) is 10.7. The van der Waals surface area contributed by atoms with E-state index in [1.807, 2.05) is 11.1 Å². The molecule has 2 bridgehead atoms. The number of piperidine rings is 1. The third-order valence-corrected chi connectivity index (χ3v) is 4.80. The van der Waals surface area contributed by atoms with Gasteiger partial charge >= 0.3 is 0 Å². The first-order valence-electron chi connectivity index (χ1n) is 8.07. The second kappa shape index (κ2) is 6.08. The lowest BCUT2D eigenvalue weighted by Crippen LogP contribution is -2.44. The van der Waals surface area contributed by atoms with Gasteiger partial charge in [-0.3, -0.25) is 14.7 Å². The summed E-state index contributed by atoms with van der Waals surface area (Å²) in [6.45, 7) is 3.41. The van der Waals surface area contributed by atoms with E-state index in [0.717, 1.165) is 38.4 Å². The van der Waals surface area contributed by atoms with Crippen LogP contribution in [0.5, 0.6) is 0 Å². The average Bonchev–Trinajstić information content (AvgIpc) is 2.93. The molecule has 0 unspecified atom stereocenters. The lowest BCUT2D eigenvalue weighted by molar-refractivity contribution is 0.0729. The van der Waals surface area contributed by atoms with Crippen molar-refractivity contribution in [3.63, 3.8) is 0 Å². The van der Waals surface area contributed by atoms with Gasteiger partial charge in [0.1, 0.15) is 11.5 Å². The van der Waals surface area contributed by atoms with Crippen LogP contribution in [-0.2, 0) is 6.54 Å². The van der Waals surface area contributed by atoms with Crippen molar-refractivity contribution in [2.45, 2.75) is 25.4 Å². The zero-order valence-electron chi connectivity index (χ0n) is 12.9. The summed E-state index contributed by atoms with van der Waals surface area (Å²) >= 11 is 0. The highest BCUT2D eigenvalue weighted by Crippen LogP contribution is 2.29. The monoisotopic (exact) mass is 312 g/mol. The van der Waals surface area contributed by atoms with Crippen LogP contribution in [-0.4, -0.2) is 61.3 Å². The largest absolute Gasteiger partial charge is 0.348 e. The molecule has 2 aromatic rings. The summed E-state index contributed by atoms with van der Waals surface area (Å²) < 4.78 is 0. The number of amides is 1. The third kappa shape index (κ3) is 2.96. The summed E-state index contributed by atoms with van der Waals surface area (Å²) in [5.41, 5.74) is 0.436. The molecule has 3 saturated heterocycles. The minimum absolute atomic E-state index is 0.00477. The zero-order chi connectivity index (χ0) is 15.6. The van der Waals surface area contributed by atoms with Gasteiger partial charge < -0.3 is 9.88 Å². The topological polar surface area (TPSA) is 78.0 Å². The molecule has 0 saturated carbocycles. The first-order chi connectivity index (χ1) is 11.3. The van der Waals surface area contributed by atoms with Crippen molar-refractivity contribution in [2.24, 2.45) is 5.92 Å². The number of nitrogens with zero attached hydrogens (tertiary/aromatic N) is 5. The minimum atomic E-state index is -0.00477. The van der Waals surface area contributed by atoms with Crippen LogP contribution in [0.3, 0.4) is 0 Å². The molecule has 1 amide bonds. The standard InChI is InChI=1S/C16H20N6O/c23-16(14-7-17-3-4-18-14)22-9-12-1-2-13(10-22)21(8-12)11-15-19-5-6-20-15/h3-7,12-13H,1-2,8-11H2,(H,19,20)/t12-,13-/m0/s1. The Bertz CT molecular complexity index is 658. The summed E-state index contributed by atoms with van der Waals surface area (Å²) in [7, 11) is 0. The van der Waals surface area contributed by atoms with Crippen molar-refractivity contribution in [2.75, 3.05) is 19.6 Å². The number of carbonyl (C=O) groups is 1. The number of fused-ring (bicyclic) bond motifs is 4. The van der Waals surface area contributed by atoms with E-state index in [1.165, 1.54) is 6.42 Å². The van der Waals surface area contributed by atoms with E-state index in [9.17, 15) is 4.79 Å². The van der Waals surface area contributed by atoms with E-state index in [-0.39, 0.29) is 5.91 Å². The average molecular weight is 312 g/mol. The Kier molecular flexibility index (Phi) is 3.78. The van der Waals surface area contributed by atoms with Gasteiger partial charge in [0.15, 0.2) is 0 Å². The number of hydrogen-bond donors (Lipinski definition) is 1. The van der Waals surface area contributed by atoms with Gasteiger partial charge in [-0.25, -0.2) is 9.97 Å². The summed E-state index contributed by atoms with van der Waals surface area (Å²) in [5.74, 6) is 1.50. The normalized spacial score (nSPS) is 24.6. The Hall–Kier alpha value is -2.28. The molecule has 1 N–H and O–H groups in total. The fraction of sp³-hybridized carbons (Fsp3) is 0.500. The zero-order valence-corrected chi connectivity index (χ0v) is 12.9. The van der Waals surface area contributed by atoms with E-state index in [1.54, 1.807) is 24.8 Å². The fourth-order valence-corrected chi connectivity index (χ4v) is 3.69. The molecule has 3 fully saturated rings. The first-order valence-corrected chi connectivity index (χ1v) is 8.07. The van der Waals surface area contributed by atoms with Crippen molar-refractivity contribution in [1.29, 1.82) is 0 Å². The number of nitrogens with one attached hydrogen (secondary N) is 1. The van der Waals surface area contributed by atoms with E-state index < -0.39 is 0 Å². The minimum Gasteiger partial charge on any atom is -0.348 e. The van der Waals surface area contributed by atoms with Crippen LogP contribution in [0.2, 0.25) is 0 Å². The highest BCUT2D eigenvalue weighted by Gasteiger charge is 2.37. The van der Waals surface area contributed by atoms with Crippen molar-refractivity contribution in [3.05, 3.63) is 42.5 Å². The van der Waals surface area contributed by atoms with Crippen molar-refractivity contribution >= 4 is 5.91 Å². The van der Waals surface area contributed by atoms with Crippen molar-refractivity contribution in [1.82, 2.24) is 29.7 Å². The van der Waals surface area contributed by atoms with E-state index in [2.05, 4.69) is 24.8 Å². The maximum Gasteiger partial charge on any atom is 0.274 e. The SMILES string of the molecule is O=C(c1cnccn1)N1C[C@H]2CC[C@@H](C1)N(Cc1ncc[nH]1)C2. The number of imidazole rings is 1. The number of carbonyl (C=O) groups excluding carboxylic acids is 1. The van der Waals surface area contributed by atoms with Gasteiger partial charge in [-0.1, -0.05) is 0 Å². The number of rotatable bonds is 3. The molecule has 7 heteroatoms. The van der Waals surface area contributed by atoms with Crippen LogP contribution >= 0.6 is 0 Å². The van der Waals surface area contributed by atoms with Gasteiger partial charge in [-0.2, -0.15) is 0 Å². The van der Waals surface area contributed by atoms with Gasteiger partial charge in [0.05, 0.1) is 12.7 Å². The Morgan fingerprint density at radius 2 is 2.13 bits per heavy atom. The molecule has 2 atom stereocenters. The van der Waals surface area contributed by atoms with E-state index in [4.69, 9.17) is 0 Å². The van der Waals surface area contributed by atoms with E-state index >= 15 is 0 Å². The Morgan fingerprint density at radius 3 is 2.91 bits per heavy atom. The lowest BCUT2D eigenvalue weighted by atomic mass is 9.95. The second-order valence-corrected chi connectivity index (χ2v) is 6.36. The molecule has 0 aromatic carbocycles. The predicted molar refractivity (Wildman–Crippen MR) is 83.4 cm³/mol. The molecule has 3 aliphatic rings. The van der Waals surface area contributed by atoms with E-state index in [0.29, 0.717) is 17.7 Å². The Labute approximate surface area is 134 Å². The molecule has 7 nitrogen and oxygen atoms in total. The molecule has 2 aromatic heterocycles. The van der Waals surface area contributed by atoms with Gasteiger partial charge in [0, 0.05) is 50.5 Å². The van der Waals surface area contributed by atoms with Crippen molar-refractivity contribution in [3.8, 4) is 0 Å². The highest BCUT2D eigenvalue weighted by molar-refractivity contribution is 5.92. The molecule has 5 heterocycles. The quantitative estimate of drug-likeness (QED) is 0.912. The number of hydrogen-bond acceptors (Lipinski definition) is 5. The molecule has 120 valence electrons. The van der Waals surface area contributed by atoms with Gasteiger partial charge in [0.2, 0.25) is 0 Å². The van der Waals surface area contributed by atoms with Gasteiger partial charge in [-0.05, 0) is 18.8 Å². The number of H-pyrrole nitrogens is 1. The molecular weight excluding hydrogens is 292 g/mol. The molecular formula is C16H20N6O. The molecule has 3 aliphatic heterocycles. The van der Waals surface area contributed by atoms with Crippen LogP contribution in [0.15, 0.2) is 31.0 Å². The molecule has 0 spiro atoms. The molecule has 0 radical (unpaired) electrons. The van der Waals surface area contributed by atoms with Crippen LogP contribution < -0.4 is 0 Å². The van der Waals surface area contributed by atoms with Crippen LogP contribution in [0, 0.1) is 5.92 Å². The third-order valence-electron chi connectivity index (χ3n) is 4.80. The summed E-state index contributed by atoms with van der Waals surface area (Å²) in [5, 5.41) is 0. The smallest absolute Gasteiger partial charge is 0.274 e. The van der Waals surface area contributed by atoms with Crippen molar-refractivity contribution < 1.29 is 4.79 Å². The highest BCUT2D eigenvalue weighted by atomic mass is 16.2. The first kappa shape index (κ1) is 14.3. The molecule has 5 rings (SSSR count). The number of aromatic amines is 1. The van der Waals surface area contributed by atoms with Crippen LogP contribution in [0.1, 0.15) is 29.2 Å². The predicted octanol–water partition coefficient (Wildman–Crippen LogP) is 0.936. The summed E-state index contributed by atoms with van der Waals surface area (Å²) in [4.78, 5) is 32.8. The van der Waals surface area contributed by atoms with Gasteiger partial charge in [-0.15, -0.1) is 0 Å². The second-order valence-electron chi connectivity index (χ2n) is 6.36. The lowest BCUT2D eigenvalue weighted by Gasteiger charge is -2.35. The maximum absolute atomic E-state index is 12.7. The fourth-order valence-electron chi connectivity index (χ4n) is 3.69. The molecule has 23 heavy (non-hydrogen) atoms. The number of aromatic nitrogens is 4. The van der Waals surface area contributed by atoms with Gasteiger partial charge in [0.25, 0.3) is 5.91 Å². The Morgan fingerprint density at radius 1 is 1.17 bits per heavy atom. The van der Waals surface area contributed by atoms with Crippen LogP contribution in [0.4, 0.5) is 0 Å². The molecule has 0 aliphatic carbocycles. The van der Waals surface area contributed by atoms with Crippen LogP contribution in [0.25, 0.3) is 0 Å². The Balaban J connectivity index is 1.50.